The van der Waals surface area contributed by atoms with E-state index in [1.54, 1.807) is 0 Å². The molecule has 3 N–H and O–H groups in total. The van der Waals surface area contributed by atoms with Gasteiger partial charge in [0, 0.05) is 36.7 Å². The largest absolute Gasteiger partial charge is 0.490 e. The standard InChI is InChI=1S/C15H20N2O3/c18-11-5-7-17(8-11)9-12(19)10-20-15-3-1-2-14-13(15)4-6-16-14/h1-4,6,11-12,16,18-19H,5,7-10H2/t11-,12?/m0/s1. The summed E-state index contributed by atoms with van der Waals surface area (Å²) in [6.07, 6.45) is 1.86. The third-order valence-electron chi connectivity index (χ3n) is 3.70. The zero-order chi connectivity index (χ0) is 13.9. The highest BCUT2D eigenvalue weighted by atomic mass is 16.5. The predicted octanol–water partition coefficient (Wildman–Crippen LogP) is 0.974. The number of hydrogen-bond donors (Lipinski definition) is 3. The molecule has 2 atom stereocenters. The van der Waals surface area contributed by atoms with Crippen LogP contribution in [0.5, 0.6) is 5.75 Å². The average molecular weight is 276 g/mol. The van der Waals surface area contributed by atoms with E-state index in [9.17, 15) is 10.2 Å². The summed E-state index contributed by atoms with van der Waals surface area (Å²) in [5, 5.41) is 20.5. The smallest absolute Gasteiger partial charge is 0.128 e. The van der Waals surface area contributed by atoms with E-state index in [4.69, 9.17) is 4.74 Å². The molecule has 0 saturated carbocycles. The summed E-state index contributed by atoms with van der Waals surface area (Å²) >= 11 is 0. The highest BCUT2D eigenvalue weighted by Crippen LogP contribution is 2.24. The molecule has 1 saturated heterocycles. The van der Waals surface area contributed by atoms with Gasteiger partial charge in [-0.2, -0.15) is 0 Å². The second-order valence-electron chi connectivity index (χ2n) is 5.36. The van der Waals surface area contributed by atoms with Gasteiger partial charge < -0.3 is 19.9 Å². The van der Waals surface area contributed by atoms with Crippen LogP contribution < -0.4 is 4.74 Å². The number of nitrogens with zero attached hydrogens (tertiary/aromatic N) is 1. The van der Waals surface area contributed by atoms with E-state index in [2.05, 4.69) is 9.88 Å². The molecule has 3 rings (SSSR count). The van der Waals surface area contributed by atoms with Crippen molar-refractivity contribution in [3.05, 3.63) is 30.5 Å². The highest BCUT2D eigenvalue weighted by Gasteiger charge is 2.22. The quantitative estimate of drug-likeness (QED) is 0.761. The Bertz CT molecular complexity index is 569. The zero-order valence-electron chi connectivity index (χ0n) is 11.3. The number of likely N-dealkylation sites (tertiary alicyclic amines) is 1. The normalized spacial score (nSPS) is 21.4. The van der Waals surface area contributed by atoms with Crippen molar-refractivity contribution in [3.8, 4) is 5.75 Å². The first kappa shape index (κ1) is 13.4. The molecule has 5 heteroatoms. The molecule has 0 aliphatic carbocycles. The van der Waals surface area contributed by atoms with Crippen molar-refractivity contribution in [1.82, 2.24) is 9.88 Å². The first-order valence-electron chi connectivity index (χ1n) is 7.00. The summed E-state index contributed by atoms with van der Waals surface area (Å²) < 4.78 is 5.72. The lowest BCUT2D eigenvalue weighted by Gasteiger charge is -2.19. The van der Waals surface area contributed by atoms with Crippen molar-refractivity contribution in [1.29, 1.82) is 0 Å². The third-order valence-corrected chi connectivity index (χ3v) is 3.70. The molecule has 1 aliphatic heterocycles. The number of aromatic nitrogens is 1. The lowest BCUT2D eigenvalue weighted by atomic mass is 10.2. The molecule has 1 unspecified atom stereocenters. The maximum atomic E-state index is 10.0. The summed E-state index contributed by atoms with van der Waals surface area (Å²) in [5.74, 6) is 0.782. The van der Waals surface area contributed by atoms with E-state index in [0.717, 1.165) is 29.6 Å². The SMILES string of the molecule is OC(COc1cccc2[nH]ccc12)CN1CC[C@H](O)C1. The van der Waals surface area contributed by atoms with E-state index in [1.807, 2.05) is 30.5 Å². The fraction of sp³-hybridized carbons (Fsp3) is 0.467. The first-order chi connectivity index (χ1) is 9.72. The molecular formula is C15H20N2O3. The van der Waals surface area contributed by atoms with Crippen LogP contribution in [0, 0.1) is 0 Å². The Labute approximate surface area is 117 Å². The van der Waals surface area contributed by atoms with Gasteiger partial charge in [-0.1, -0.05) is 6.07 Å². The fourth-order valence-electron chi connectivity index (χ4n) is 2.70. The summed E-state index contributed by atoms with van der Waals surface area (Å²) in [6, 6.07) is 7.79. The Morgan fingerprint density at radius 1 is 1.40 bits per heavy atom. The number of β-amino-alcohol motifs (C(OH)–C–C–N with tert-alkyl or cyclic N) is 2. The minimum absolute atomic E-state index is 0.253. The van der Waals surface area contributed by atoms with Crippen LogP contribution in [0.3, 0.4) is 0 Å². The minimum Gasteiger partial charge on any atom is -0.490 e. The van der Waals surface area contributed by atoms with Gasteiger partial charge in [-0.15, -0.1) is 0 Å². The highest BCUT2D eigenvalue weighted by molar-refractivity contribution is 5.85. The van der Waals surface area contributed by atoms with Crippen LogP contribution in [-0.4, -0.2) is 58.5 Å². The van der Waals surface area contributed by atoms with Crippen LogP contribution in [0.15, 0.2) is 30.5 Å². The van der Waals surface area contributed by atoms with Crippen molar-refractivity contribution in [2.24, 2.45) is 0 Å². The van der Waals surface area contributed by atoms with Crippen LogP contribution in [0.2, 0.25) is 0 Å². The zero-order valence-corrected chi connectivity index (χ0v) is 11.3. The number of hydrogen-bond acceptors (Lipinski definition) is 4. The molecule has 1 aromatic carbocycles. The molecule has 2 aromatic rings. The van der Waals surface area contributed by atoms with Gasteiger partial charge in [0.15, 0.2) is 0 Å². The van der Waals surface area contributed by atoms with Crippen LogP contribution in [0.1, 0.15) is 6.42 Å². The summed E-state index contributed by atoms with van der Waals surface area (Å²) in [6.45, 7) is 2.28. The van der Waals surface area contributed by atoms with Gasteiger partial charge in [-0.05, 0) is 24.6 Å². The Morgan fingerprint density at radius 3 is 3.10 bits per heavy atom. The van der Waals surface area contributed by atoms with Crippen LogP contribution >= 0.6 is 0 Å². The molecule has 5 nitrogen and oxygen atoms in total. The molecule has 1 aromatic heterocycles. The number of fused-ring (bicyclic) bond motifs is 1. The summed E-state index contributed by atoms with van der Waals surface area (Å²) in [7, 11) is 0. The lowest BCUT2D eigenvalue weighted by Crippen LogP contribution is -2.34. The molecule has 1 fully saturated rings. The van der Waals surface area contributed by atoms with Crippen molar-refractivity contribution in [3.63, 3.8) is 0 Å². The predicted molar refractivity (Wildman–Crippen MR) is 76.9 cm³/mol. The summed E-state index contributed by atoms with van der Waals surface area (Å²) in [5.41, 5.74) is 1.03. The molecular weight excluding hydrogens is 256 g/mol. The van der Waals surface area contributed by atoms with Crippen molar-refractivity contribution in [2.75, 3.05) is 26.2 Å². The lowest BCUT2D eigenvalue weighted by molar-refractivity contribution is 0.0713. The van der Waals surface area contributed by atoms with E-state index in [0.29, 0.717) is 13.1 Å². The maximum Gasteiger partial charge on any atom is 0.128 e. The number of nitrogens with one attached hydrogen (secondary N) is 1. The van der Waals surface area contributed by atoms with Crippen LogP contribution in [-0.2, 0) is 0 Å². The molecule has 0 bridgehead atoms. The number of aromatic amines is 1. The van der Waals surface area contributed by atoms with Gasteiger partial charge in [0.2, 0.25) is 0 Å². The molecule has 20 heavy (non-hydrogen) atoms. The number of ether oxygens (including phenoxy) is 1. The number of benzene rings is 1. The molecule has 0 spiro atoms. The van der Waals surface area contributed by atoms with Gasteiger partial charge in [0.1, 0.15) is 18.5 Å². The molecule has 108 valence electrons. The molecule has 0 radical (unpaired) electrons. The average Bonchev–Trinajstić information content (AvgIpc) is 3.05. The molecule has 2 heterocycles. The maximum absolute atomic E-state index is 10.0. The summed E-state index contributed by atoms with van der Waals surface area (Å²) in [4.78, 5) is 5.20. The molecule has 0 amide bonds. The second-order valence-corrected chi connectivity index (χ2v) is 5.36. The first-order valence-corrected chi connectivity index (χ1v) is 7.00. The number of aliphatic hydroxyl groups excluding tert-OH is 2. The monoisotopic (exact) mass is 276 g/mol. The minimum atomic E-state index is -0.547. The van der Waals surface area contributed by atoms with Gasteiger partial charge in [0.05, 0.1) is 6.10 Å². The Hall–Kier alpha value is -1.56. The van der Waals surface area contributed by atoms with Gasteiger partial charge in [-0.3, -0.25) is 4.90 Å². The van der Waals surface area contributed by atoms with Crippen LogP contribution in [0.25, 0.3) is 10.9 Å². The van der Waals surface area contributed by atoms with Crippen molar-refractivity contribution in [2.45, 2.75) is 18.6 Å². The van der Waals surface area contributed by atoms with Crippen LogP contribution in [0.4, 0.5) is 0 Å². The molecule has 1 aliphatic rings. The van der Waals surface area contributed by atoms with E-state index < -0.39 is 6.10 Å². The van der Waals surface area contributed by atoms with E-state index in [-0.39, 0.29) is 12.7 Å². The number of rotatable bonds is 5. The fourth-order valence-corrected chi connectivity index (χ4v) is 2.70. The Morgan fingerprint density at radius 2 is 2.30 bits per heavy atom. The van der Waals surface area contributed by atoms with Gasteiger partial charge in [-0.25, -0.2) is 0 Å². The Balaban J connectivity index is 1.55. The van der Waals surface area contributed by atoms with Gasteiger partial charge >= 0.3 is 0 Å². The van der Waals surface area contributed by atoms with Crippen molar-refractivity contribution >= 4 is 10.9 Å². The van der Waals surface area contributed by atoms with Crippen molar-refractivity contribution < 1.29 is 14.9 Å². The Kier molecular flexibility index (Phi) is 3.91. The number of aliphatic hydroxyl groups is 2. The third kappa shape index (κ3) is 2.95. The topological polar surface area (TPSA) is 68.7 Å². The van der Waals surface area contributed by atoms with Gasteiger partial charge in [0.25, 0.3) is 0 Å². The van der Waals surface area contributed by atoms with E-state index >= 15 is 0 Å². The number of H-pyrrole nitrogens is 1. The van der Waals surface area contributed by atoms with E-state index in [1.165, 1.54) is 0 Å². The second kappa shape index (κ2) is 5.83.